The number of thiophene rings is 1. The highest BCUT2D eigenvalue weighted by molar-refractivity contribution is 7.91. The number of amides is 1. The van der Waals surface area contributed by atoms with Crippen LogP contribution in [0.25, 0.3) is 0 Å². The Kier molecular flexibility index (Phi) is 5.63. The number of hydrogen-bond donors (Lipinski definition) is 0. The van der Waals surface area contributed by atoms with Gasteiger partial charge in [-0.1, -0.05) is 23.7 Å². The van der Waals surface area contributed by atoms with Crippen molar-refractivity contribution >= 4 is 38.9 Å². The van der Waals surface area contributed by atoms with Crippen LogP contribution in [0.5, 0.6) is 0 Å². The van der Waals surface area contributed by atoms with Crippen LogP contribution in [-0.2, 0) is 21.0 Å². The number of carbonyl (C=O) groups is 1. The average molecular weight is 479 g/mol. The first-order valence-electron chi connectivity index (χ1n) is 9.29. The Bertz CT molecular complexity index is 1050. The molecule has 0 spiro atoms. The summed E-state index contributed by atoms with van der Waals surface area (Å²) in [6, 6.07) is 7.94. The van der Waals surface area contributed by atoms with Gasteiger partial charge < -0.3 is 4.90 Å². The molecular weight excluding hydrogens is 461 g/mol. The van der Waals surface area contributed by atoms with E-state index < -0.39 is 21.8 Å². The molecule has 1 aromatic heterocycles. The molecule has 2 aromatic rings. The third-order valence-corrected chi connectivity index (χ3v) is 9.06. The number of rotatable bonds is 4. The highest BCUT2D eigenvalue weighted by atomic mass is 35.5. The monoisotopic (exact) mass is 478 g/mol. The van der Waals surface area contributed by atoms with Gasteiger partial charge in [-0.2, -0.15) is 17.5 Å². The number of carbonyl (C=O) groups excluding carboxylic acids is 1. The molecule has 1 saturated heterocycles. The topological polar surface area (TPSA) is 57.7 Å². The lowest BCUT2D eigenvalue weighted by Crippen LogP contribution is -2.50. The van der Waals surface area contributed by atoms with Gasteiger partial charge >= 0.3 is 6.18 Å². The van der Waals surface area contributed by atoms with Gasteiger partial charge in [0.2, 0.25) is 5.91 Å². The maximum absolute atomic E-state index is 12.8. The molecule has 1 aliphatic carbocycles. The Balaban J connectivity index is 1.34. The SMILES string of the molecule is O=C(C1CC1c1ccc(C(F)(F)F)cc1)N1CCN(S(=O)(=O)c2ccc(Cl)s2)CC1. The zero-order chi connectivity index (χ0) is 21.7. The van der Waals surface area contributed by atoms with E-state index in [4.69, 9.17) is 11.6 Å². The van der Waals surface area contributed by atoms with E-state index in [1.165, 1.54) is 28.6 Å². The van der Waals surface area contributed by atoms with Crippen molar-refractivity contribution < 1.29 is 26.4 Å². The largest absolute Gasteiger partial charge is 0.416 e. The van der Waals surface area contributed by atoms with Crippen molar-refractivity contribution in [1.82, 2.24) is 9.21 Å². The summed E-state index contributed by atoms with van der Waals surface area (Å²) in [5, 5.41) is 0. The molecule has 2 heterocycles. The van der Waals surface area contributed by atoms with E-state index in [9.17, 15) is 26.4 Å². The minimum atomic E-state index is -4.38. The molecule has 0 N–H and O–H groups in total. The molecule has 2 atom stereocenters. The second-order valence-corrected chi connectivity index (χ2v) is 11.2. The number of alkyl halides is 3. The Hall–Kier alpha value is -1.62. The van der Waals surface area contributed by atoms with Crippen molar-refractivity contribution in [2.75, 3.05) is 26.2 Å². The Labute approximate surface area is 181 Å². The lowest BCUT2D eigenvalue weighted by atomic mass is 10.1. The quantitative estimate of drug-likeness (QED) is 0.666. The average Bonchev–Trinajstić information content (AvgIpc) is 3.39. The molecule has 2 unspecified atom stereocenters. The van der Waals surface area contributed by atoms with Crippen LogP contribution in [-0.4, -0.2) is 49.7 Å². The second kappa shape index (κ2) is 7.81. The molecule has 5 nitrogen and oxygen atoms in total. The van der Waals surface area contributed by atoms with Gasteiger partial charge in [-0.15, -0.1) is 11.3 Å². The minimum Gasteiger partial charge on any atom is -0.340 e. The van der Waals surface area contributed by atoms with E-state index in [2.05, 4.69) is 0 Å². The van der Waals surface area contributed by atoms with Crippen LogP contribution in [0.2, 0.25) is 4.34 Å². The van der Waals surface area contributed by atoms with Crippen LogP contribution in [0, 0.1) is 5.92 Å². The van der Waals surface area contributed by atoms with Crippen molar-refractivity contribution in [2.45, 2.75) is 22.7 Å². The molecule has 1 aromatic carbocycles. The fraction of sp³-hybridized carbons (Fsp3) is 0.421. The van der Waals surface area contributed by atoms with E-state index in [-0.39, 0.29) is 48.1 Å². The van der Waals surface area contributed by atoms with Crippen LogP contribution < -0.4 is 0 Å². The summed E-state index contributed by atoms with van der Waals surface area (Å²) < 4.78 is 65.3. The van der Waals surface area contributed by atoms with E-state index in [1.807, 2.05) is 0 Å². The minimum absolute atomic E-state index is 0.0730. The molecular formula is C19H18ClF3N2O3S2. The molecule has 2 aliphatic rings. The number of piperazine rings is 1. The number of benzene rings is 1. The molecule has 0 radical (unpaired) electrons. The summed E-state index contributed by atoms with van der Waals surface area (Å²) in [4.78, 5) is 14.4. The Morgan fingerprint density at radius 2 is 1.67 bits per heavy atom. The summed E-state index contributed by atoms with van der Waals surface area (Å²) >= 11 is 6.83. The van der Waals surface area contributed by atoms with Crippen LogP contribution in [0.4, 0.5) is 13.2 Å². The van der Waals surface area contributed by atoms with Gasteiger partial charge in [-0.05, 0) is 42.2 Å². The predicted octanol–water partition coefficient (Wildman–Crippen LogP) is 4.06. The fourth-order valence-electron chi connectivity index (χ4n) is 3.70. The van der Waals surface area contributed by atoms with Crippen molar-refractivity contribution in [3.8, 4) is 0 Å². The zero-order valence-electron chi connectivity index (χ0n) is 15.6. The summed E-state index contributed by atoms with van der Waals surface area (Å²) in [6.45, 7) is 0.962. The van der Waals surface area contributed by atoms with Gasteiger partial charge in [0.25, 0.3) is 10.0 Å². The van der Waals surface area contributed by atoms with Gasteiger partial charge in [-0.25, -0.2) is 8.42 Å². The first-order valence-corrected chi connectivity index (χ1v) is 11.9. The van der Waals surface area contributed by atoms with Gasteiger partial charge in [0.05, 0.1) is 9.90 Å². The molecule has 4 rings (SSSR count). The summed E-state index contributed by atoms with van der Waals surface area (Å²) in [5.74, 6) is -0.424. The maximum Gasteiger partial charge on any atom is 0.416 e. The Morgan fingerprint density at radius 1 is 1.03 bits per heavy atom. The number of halogens is 4. The third kappa shape index (κ3) is 4.23. The van der Waals surface area contributed by atoms with Crippen molar-refractivity contribution in [3.63, 3.8) is 0 Å². The van der Waals surface area contributed by atoms with Crippen LogP contribution >= 0.6 is 22.9 Å². The van der Waals surface area contributed by atoms with Crippen molar-refractivity contribution in [3.05, 3.63) is 51.9 Å². The molecule has 11 heteroatoms. The fourth-order valence-corrected chi connectivity index (χ4v) is 6.76. The first kappa shape index (κ1) is 21.6. The van der Waals surface area contributed by atoms with E-state index >= 15 is 0 Å². The first-order chi connectivity index (χ1) is 14.1. The second-order valence-electron chi connectivity index (χ2n) is 7.36. The van der Waals surface area contributed by atoms with E-state index in [0.29, 0.717) is 10.8 Å². The lowest BCUT2D eigenvalue weighted by molar-refractivity contribution is -0.137. The molecule has 162 valence electrons. The Morgan fingerprint density at radius 3 is 2.20 bits per heavy atom. The van der Waals surface area contributed by atoms with Crippen molar-refractivity contribution in [1.29, 1.82) is 0 Å². The van der Waals surface area contributed by atoms with Gasteiger partial charge in [-0.3, -0.25) is 4.79 Å². The number of sulfonamides is 1. The molecule has 0 bridgehead atoms. The molecule has 2 fully saturated rings. The highest BCUT2D eigenvalue weighted by Gasteiger charge is 2.46. The smallest absolute Gasteiger partial charge is 0.340 e. The summed E-state index contributed by atoms with van der Waals surface area (Å²) in [5.41, 5.74) is 0.0104. The number of nitrogens with zero attached hydrogens (tertiary/aromatic N) is 2. The third-order valence-electron chi connectivity index (χ3n) is 5.47. The predicted molar refractivity (Wildman–Crippen MR) is 107 cm³/mol. The standard InChI is InChI=1S/C19H18ClF3N2O3S2/c20-16-5-6-17(29-16)30(27,28)25-9-7-24(8-10-25)18(26)15-11-14(15)12-1-3-13(4-2-12)19(21,22)23/h1-6,14-15H,7-11H2. The summed E-state index contributed by atoms with van der Waals surface area (Å²) in [7, 11) is -3.63. The number of hydrogen-bond acceptors (Lipinski definition) is 4. The molecule has 1 aliphatic heterocycles. The van der Waals surface area contributed by atoms with Crippen LogP contribution in [0.15, 0.2) is 40.6 Å². The van der Waals surface area contributed by atoms with Crippen LogP contribution in [0.1, 0.15) is 23.5 Å². The zero-order valence-corrected chi connectivity index (χ0v) is 18.0. The summed E-state index contributed by atoms with van der Waals surface area (Å²) in [6.07, 6.45) is -3.79. The molecule has 1 saturated carbocycles. The van der Waals surface area contributed by atoms with Crippen molar-refractivity contribution in [2.24, 2.45) is 5.92 Å². The van der Waals surface area contributed by atoms with E-state index in [0.717, 1.165) is 29.0 Å². The van der Waals surface area contributed by atoms with Gasteiger partial charge in [0, 0.05) is 32.1 Å². The molecule has 30 heavy (non-hydrogen) atoms. The van der Waals surface area contributed by atoms with Gasteiger partial charge in [0.1, 0.15) is 4.21 Å². The highest BCUT2D eigenvalue weighted by Crippen LogP contribution is 2.49. The lowest BCUT2D eigenvalue weighted by Gasteiger charge is -2.34. The van der Waals surface area contributed by atoms with Gasteiger partial charge in [0.15, 0.2) is 0 Å². The van der Waals surface area contributed by atoms with Crippen LogP contribution in [0.3, 0.4) is 0 Å². The maximum atomic E-state index is 12.8. The normalized spacial score (nSPS) is 22.9. The van der Waals surface area contributed by atoms with E-state index in [1.54, 1.807) is 4.90 Å². The molecule has 1 amide bonds.